The molecule has 0 saturated heterocycles. The fraction of sp³-hybridized carbons (Fsp3) is 0.143. The molecule has 0 spiro atoms. The van der Waals surface area contributed by atoms with Crippen molar-refractivity contribution in [2.24, 2.45) is 0 Å². The van der Waals surface area contributed by atoms with Crippen LogP contribution in [-0.2, 0) is 11.2 Å². The lowest BCUT2D eigenvalue weighted by Gasteiger charge is -2.19. The van der Waals surface area contributed by atoms with Crippen molar-refractivity contribution in [3.63, 3.8) is 0 Å². The van der Waals surface area contributed by atoms with E-state index in [4.69, 9.17) is 0 Å². The van der Waals surface area contributed by atoms with Gasteiger partial charge in [-0.05, 0) is 36.2 Å². The minimum Gasteiger partial charge on any atom is -0.279 e. The molecule has 2 heterocycles. The minimum atomic E-state index is -0.347. The van der Waals surface area contributed by atoms with E-state index >= 15 is 0 Å². The minimum absolute atomic E-state index is 0.0494. The van der Waals surface area contributed by atoms with Gasteiger partial charge in [0, 0.05) is 6.20 Å². The van der Waals surface area contributed by atoms with E-state index < -0.39 is 0 Å². The molecular formula is C14H11FN2O. The highest BCUT2D eigenvalue weighted by Crippen LogP contribution is 2.36. The first-order valence-electron chi connectivity index (χ1n) is 5.69. The van der Waals surface area contributed by atoms with Gasteiger partial charge in [0.2, 0.25) is 5.91 Å². The number of carbonyl (C=O) groups is 1. The molecule has 1 amide bonds. The highest BCUT2D eigenvalue weighted by Gasteiger charge is 2.29. The lowest BCUT2D eigenvalue weighted by molar-refractivity contribution is -0.116. The molecule has 0 radical (unpaired) electrons. The van der Waals surface area contributed by atoms with E-state index in [2.05, 4.69) is 4.98 Å². The van der Waals surface area contributed by atoms with Crippen LogP contribution in [0.5, 0.6) is 0 Å². The number of amides is 1. The standard InChI is InChI=1S/C14H11FN2O/c1-9-2-3-11(15)7-12(9)17-13-8-16-5-4-10(13)6-14(17)18/h2-5,7-8H,6H2,1H3. The zero-order chi connectivity index (χ0) is 12.7. The monoisotopic (exact) mass is 242 g/mol. The SMILES string of the molecule is Cc1ccc(F)cc1N1C(=O)Cc2ccncc21. The average molecular weight is 242 g/mol. The normalized spacial score (nSPS) is 13.9. The molecule has 1 aliphatic rings. The van der Waals surface area contributed by atoms with E-state index in [9.17, 15) is 9.18 Å². The molecule has 1 aromatic heterocycles. The molecular weight excluding hydrogens is 231 g/mol. The van der Waals surface area contributed by atoms with E-state index in [1.807, 2.05) is 13.0 Å². The number of carbonyl (C=O) groups excluding carboxylic acids is 1. The van der Waals surface area contributed by atoms with Gasteiger partial charge in [-0.15, -0.1) is 0 Å². The number of pyridine rings is 1. The van der Waals surface area contributed by atoms with E-state index in [-0.39, 0.29) is 11.7 Å². The fourth-order valence-corrected chi connectivity index (χ4v) is 2.23. The molecule has 3 nitrogen and oxygen atoms in total. The van der Waals surface area contributed by atoms with Crippen LogP contribution in [0, 0.1) is 12.7 Å². The van der Waals surface area contributed by atoms with Crippen molar-refractivity contribution >= 4 is 17.3 Å². The number of fused-ring (bicyclic) bond motifs is 1. The van der Waals surface area contributed by atoms with Gasteiger partial charge in [-0.3, -0.25) is 14.7 Å². The van der Waals surface area contributed by atoms with Gasteiger partial charge < -0.3 is 0 Å². The van der Waals surface area contributed by atoms with Crippen LogP contribution in [0.25, 0.3) is 0 Å². The molecule has 18 heavy (non-hydrogen) atoms. The van der Waals surface area contributed by atoms with Gasteiger partial charge >= 0.3 is 0 Å². The number of aromatic nitrogens is 1. The molecule has 4 heteroatoms. The Morgan fingerprint density at radius 1 is 1.28 bits per heavy atom. The number of hydrogen-bond acceptors (Lipinski definition) is 2. The third kappa shape index (κ3) is 1.57. The van der Waals surface area contributed by atoms with Gasteiger partial charge in [-0.2, -0.15) is 0 Å². The van der Waals surface area contributed by atoms with Crippen LogP contribution in [0.2, 0.25) is 0 Å². The molecule has 0 atom stereocenters. The van der Waals surface area contributed by atoms with E-state index in [1.165, 1.54) is 12.1 Å². The number of hydrogen-bond donors (Lipinski definition) is 0. The molecule has 1 aliphatic heterocycles. The summed E-state index contributed by atoms with van der Waals surface area (Å²) in [6.45, 7) is 1.86. The second kappa shape index (κ2) is 3.91. The molecule has 0 aliphatic carbocycles. The summed E-state index contributed by atoms with van der Waals surface area (Å²) in [5, 5.41) is 0. The molecule has 0 N–H and O–H groups in total. The third-order valence-electron chi connectivity index (χ3n) is 3.13. The zero-order valence-electron chi connectivity index (χ0n) is 9.85. The fourth-order valence-electron chi connectivity index (χ4n) is 2.23. The van der Waals surface area contributed by atoms with E-state index in [0.717, 1.165) is 16.8 Å². The van der Waals surface area contributed by atoms with Crippen molar-refractivity contribution in [2.75, 3.05) is 4.90 Å². The Balaban J connectivity index is 2.17. The zero-order valence-corrected chi connectivity index (χ0v) is 9.85. The quantitative estimate of drug-likeness (QED) is 0.770. The summed E-state index contributed by atoms with van der Waals surface area (Å²) < 4.78 is 13.4. The van der Waals surface area contributed by atoms with Crippen molar-refractivity contribution in [2.45, 2.75) is 13.3 Å². The van der Waals surface area contributed by atoms with Crippen molar-refractivity contribution in [1.82, 2.24) is 4.98 Å². The van der Waals surface area contributed by atoms with Crippen LogP contribution in [0.3, 0.4) is 0 Å². The Kier molecular flexibility index (Phi) is 2.37. The van der Waals surface area contributed by atoms with Gasteiger partial charge in [0.15, 0.2) is 0 Å². The largest absolute Gasteiger partial charge is 0.279 e. The van der Waals surface area contributed by atoms with Gasteiger partial charge in [0.1, 0.15) is 5.82 Å². The van der Waals surface area contributed by atoms with Crippen molar-refractivity contribution < 1.29 is 9.18 Å². The number of benzene rings is 1. The summed E-state index contributed by atoms with van der Waals surface area (Å²) in [6.07, 6.45) is 3.65. The highest BCUT2D eigenvalue weighted by molar-refractivity contribution is 6.07. The summed E-state index contributed by atoms with van der Waals surface area (Å²) in [5.41, 5.74) is 3.13. The van der Waals surface area contributed by atoms with Crippen LogP contribution < -0.4 is 4.90 Å². The summed E-state index contributed by atoms with van der Waals surface area (Å²) >= 11 is 0. The molecule has 3 rings (SSSR count). The number of rotatable bonds is 1. The first-order valence-corrected chi connectivity index (χ1v) is 5.69. The molecule has 0 unspecified atom stereocenters. The van der Waals surface area contributed by atoms with Crippen LogP contribution in [0.15, 0.2) is 36.7 Å². The smallest absolute Gasteiger partial charge is 0.236 e. The molecule has 1 aromatic carbocycles. The molecule has 0 saturated carbocycles. The maximum absolute atomic E-state index is 13.4. The van der Waals surface area contributed by atoms with Crippen LogP contribution in [0.4, 0.5) is 15.8 Å². The lowest BCUT2D eigenvalue weighted by atomic mass is 10.1. The van der Waals surface area contributed by atoms with Gasteiger partial charge in [0.25, 0.3) is 0 Å². The molecule has 2 aromatic rings. The maximum Gasteiger partial charge on any atom is 0.236 e. The summed E-state index contributed by atoms with van der Waals surface area (Å²) in [6, 6.07) is 6.27. The lowest BCUT2D eigenvalue weighted by Crippen LogP contribution is -2.21. The van der Waals surface area contributed by atoms with Crippen molar-refractivity contribution in [1.29, 1.82) is 0 Å². The Bertz CT molecular complexity index is 639. The maximum atomic E-state index is 13.4. The Hall–Kier alpha value is -2.23. The summed E-state index contributed by atoms with van der Waals surface area (Å²) in [4.78, 5) is 17.6. The number of halogens is 1. The highest BCUT2D eigenvalue weighted by atomic mass is 19.1. The molecule has 0 bridgehead atoms. The first kappa shape index (κ1) is 10.9. The Morgan fingerprint density at radius 3 is 2.94 bits per heavy atom. The van der Waals surface area contributed by atoms with Crippen LogP contribution in [-0.4, -0.2) is 10.9 Å². The first-order chi connectivity index (χ1) is 8.66. The molecule has 90 valence electrons. The second-order valence-electron chi connectivity index (χ2n) is 4.34. The predicted molar refractivity (Wildman–Crippen MR) is 66.2 cm³/mol. The van der Waals surface area contributed by atoms with Crippen LogP contribution in [0.1, 0.15) is 11.1 Å². The summed E-state index contributed by atoms with van der Waals surface area (Å²) in [5.74, 6) is -0.396. The number of anilines is 2. The Morgan fingerprint density at radius 2 is 2.11 bits per heavy atom. The van der Waals surface area contributed by atoms with Crippen molar-refractivity contribution in [3.05, 3.63) is 53.6 Å². The van der Waals surface area contributed by atoms with E-state index in [1.54, 1.807) is 23.4 Å². The van der Waals surface area contributed by atoms with Gasteiger partial charge in [-0.25, -0.2) is 4.39 Å². The number of aryl methyl sites for hydroxylation is 1. The Labute approximate surface area is 104 Å². The topological polar surface area (TPSA) is 33.2 Å². The van der Waals surface area contributed by atoms with Gasteiger partial charge in [0.05, 0.1) is 24.0 Å². The average Bonchev–Trinajstić information content (AvgIpc) is 2.68. The van der Waals surface area contributed by atoms with Gasteiger partial charge in [-0.1, -0.05) is 6.07 Å². The van der Waals surface area contributed by atoms with E-state index in [0.29, 0.717) is 12.1 Å². The summed E-state index contributed by atoms with van der Waals surface area (Å²) in [7, 11) is 0. The van der Waals surface area contributed by atoms with Crippen LogP contribution >= 0.6 is 0 Å². The van der Waals surface area contributed by atoms with Crippen molar-refractivity contribution in [3.8, 4) is 0 Å². The third-order valence-corrected chi connectivity index (χ3v) is 3.13. The molecule has 0 fully saturated rings. The number of nitrogens with zero attached hydrogens (tertiary/aromatic N) is 2. The predicted octanol–water partition coefficient (Wildman–Crippen LogP) is 2.75. The second-order valence-corrected chi connectivity index (χ2v) is 4.34.